The third-order valence-corrected chi connectivity index (χ3v) is 6.06. The van der Waals surface area contributed by atoms with E-state index >= 15 is 0 Å². The van der Waals surface area contributed by atoms with Gasteiger partial charge in [-0.05, 0) is 31.2 Å². The minimum Gasteiger partial charge on any atom is -0.322 e. The molecule has 0 saturated heterocycles. The van der Waals surface area contributed by atoms with Crippen LogP contribution >= 0.6 is 0 Å². The van der Waals surface area contributed by atoms with E-state index in [1.54, 1.807) is 10.9 Å². The summed E-state index contributed by atoms with van der Waals surface area (Å²) >= 11 is 0. The molecule has 0 bridgehead atoms. The van der Waals surface area contributed by atoms with Gasteiger partial charge in [-0.25, -0.2) is 17.8 Å². The molecule has 0 unspecified atom stereocenters. The van der Waals surface area contributed by atoms with E-state index in [1.165, 1.54) is 25.3 Å². The van der Waals surface area contributed by atoms with E-state index in [4.69, 9.17) is 0 Å². The van der Waals surface area contributed by atoms with Crippen molar-refractivity contribution < 1.29 is 17.6 Å². The number of nitrogens with one attached hydrogen (secondary N) is 2. The summed E-state index contributed by atoms with van der Waals surface area (Å²) in [5.41, 5.74) is 2.00. The molecule has 9 nitrogen and oxygen atoms in total. The maximum Gasteiger partial charge on any atom is 0.244 e. The summed E-state index contributed by atoms with van der Waals surface area (Å²) in [6.45, 7) is 1.77. The first-order valence-corrected chi connectivity index (χ1v) is 10.8. The van der Waals surface area contributed by atoms with E-state index in [0.717, 1.165) is 23.5 Å². The van der Waals surface area contributed by atoms with Crippen LogP contribution in [0.3, 0.4) is 0 Å². The lowest BCUT2D eigenvalue weighted by molar-refractivity contribution is -0.117. The molecular formula is C20H19FN6O3S. The van der Waals surface area contributed by atoms with Crippen LogP contribution in [0.4, 0.5) is 10.1 Å². The highest BCUT2D eigenvalue weighted by Gasteiger charge is 2.24. The minimum absolute atomic E-state index is 0.394. The molecule has 11 heteroatoms. The predicted octanol–water partition coefficient (Wildman–Crippen LogP) is 2.02. The molecule has 3 aromatic heterocycles. The number of pyridine rings is 1. The Morgan fingerprint density at radius 2 is 1.94 bits per heavy atom. The van der Waals surface area contributed by atoms with Crippen LogP contribution in [0.5, 0.6) is 0 Å². The van der Waals surface area contributed by atoms with Crippen molar-refractivity contribution in [3.63, 3.8) is 0 Å². The van der Waals surface area contributed by atoms with Gasteiger partial charge in [-0.3, -0.25) is 9.48 Å². The van der Waals surface area contributed by atoms with Crippen LogP contribution in [0.25, 0.3) is 5.65 Å². The number of hydrogen-bond acceptors (Lipinski definition) is 5. The van der Waals surface area contributed by atoms with Crippen molar-refractivity contribution in [2.24, 2.45) is 0 Å². The van der Waals surface area contributed by atoms with Gasteiger partial charge in [0, 0.05) is 18.6 Å². The SMILES string of the molecule is C[C@H](NS(=O)(=O)c1ccccc1F)C(=O)Nc1cnn(Cc2cn3ccccc3n2)c1. The fourth-order valence-corrected chi connectivity index (χ4v) is 4.29. The first kappa shape index (κ1) is 20.7. The Labute approximate surface area is 177 Å². The van der Waals surface area contributed by atoms with Gasteiger partial charge >= 0.3 is 0 Å². The lowest BCUT2D eigenvalue weighted by Crippen LogP contribution is -2.41. The Morgan fingerprint density at radius 1 is 1.16 bits per heavy atom. The molecule has 0 radical (unpaired) electrons. The molecule has 0 fully saturated rings. The predicted molar refractivity (Wildman–Crippen MR) is 111 cm³/mol. The van der Waals surface area contributed by atoms with Crippen molar-refractivity contribution in [2.45, 2.75) is 24.4 Å². The van der Waals surface area contributed by atoms with Gasteiger partial charge in [0.25, 0.3) is 0 Å². The van der Waals surface area contributed by atoms with Crippen molar-refractivity contribution in [3.8, 4) is 0 Å². The van der Waals surface area contributed by atoms with Gasteiger partial charge < -0.3 is 9.72 Å². The van der Waals surface area contributed by atoms with Crippen molar-refractivity contribution in [3.05, 3.63) is 78.8 Å². The van der Waals surface area contributed by atoms with Crippen molar-refractivity contribution in [1.29, 1.82) is 0 Å². The van der Waals surface area contributed by atoms with E-state index in [0.29, 0.717) is 12.2 Å². The zero-order valence-electron chi connectivity index (χ0n) is 16.4. The molecule has 0 aliphatic rings. The van der Waals surface area contributed by atoms with E-state index in [9.17, 15) is 17.6 Å². The standard InChI is InChI=1S/C20H19FN6O3S/c1-14(25-31(29,30)18-7-3-2-6-17(18)21)20(28)24-15-10-22-27(12-15)13-16-11-26-9-5-4-8-19(26)23-16/h2-12,14,25H,13H2,1H3,(H,24,28)/t14-/m0/s1. The van der Waals surface area contributed by atoms with Gasteiger partial charge in [-0.1, -0.05) is 18.2 Å². The number of hydrogen-bond donors (Lipinski definition) is 2. The fraction of sp³-hybridized carbons (Fsp3) is 0.150. The number of nitrogens with zero attached hydrogens (tertiary/aromatic N) is 4. The first-order chi connectivity index (χ1) is 14.8. The second-order valence-electron chi connectivity index (χ2n) is 6.89. The number of fused-ring (bicyclic) bond motifs is 1. The molecule has 160 valence electrons. The van der Waals surface area contributed by atoms with Gasteiger partial charge in [0.1, 0.15) is 16.4 Å². The third-order valence-electron chi connectivity index (χ3n) is 4.49. The molecule has 1 aromatic carbocycles. The molecule has 4 aromatic rings. The number of amides is 1. The first-order valence-electron chi connectivity index (χ1n) is 9.34. The molecule has 2 N–H and O–H groups in total. The number of rotatable bonds is 7. The smallest absolute Gasteiger partial charge is 0.244 e. The van der Waals surface area contributed by atoms with Crippen molar-refractivity contribution >= 4 is 27.3 Å². The summed E-state index contributed by atoms with van der Waals surface area (Å²) in [6, 6.07) is 9.52. The lowest BCUT2D eigenvalue weighted by atomic mass is 10.3. The zero-order valence-corrected chi connectivity index (χ0v) is 17.3. The topological polar surface area (TPSA) is 110 Å². The molecule has 0 aliphatic carbocycles. The molecule has 1 atom stereocenters. The third kappa shape index (κ3) is 4.62. The van der Waals surface area contributed by atoms with Gasteiger partial charge in [0.05, 0.1) is 30.2 Å². The van der Waals surface area contributed by atoms with Crippen LogP contribution < -0.4 is 10.0 Å². The lowest BCUT2D eigenvalue weighted by Gasteiger charge is -2.14. The summed E-state index contributed by atoms with van der Waals surface area (Å²) in [5, 5.41) is 6.79. The van der Waals surface area contributed by atoms with Crippen LogP contribution in [-0.4, -0.2) is 39.5 Å². The Balaban J connectivity index is 1.39. The fourth-order valence-electron chi connectivity index (χ4n) is 3.01. The summed E-state index contributed by atoms with van der Waals surface area (Å²) in [4.78, 5) is 16.4. The highest BCUT2D eigenvalue weighted by Crippen LogP contribution is 2.14. The van der Waals surface area contributed by atoms with Gasteiger partial charge in [0.15, 0.2) is 0 Å². The number of benzene rings is 1. The van der Waals surface area contributed by atoms with Crippen LogP contribution in [0.2, 0.25) is 0 Å². The summed E-state index contributed by atoms with van der Waals surface area (Å²) in [7, 11) is -4.19. The molecule has 31 heavy (non-hydrogen) atoms. The number of halogens is 1. The number of carbonyl (C=O) groups is 1. The minimum atomic E-state index is -4.19. The van der Waals surface area contributed by atoms with E-state index in [1.807, 2.05) is 35.0 Å². The van der Waals surface area contributed by atoms with Crippen LogP contribution in [-0.2, 0) is 21.4 Å². The molecule has 0 saturated carbocycles. The van der Waals surface area contributed by atoms with E-state index in [-0.39, 0.29) is 0 Å². The molecule has 1 amide bonds. The summed E-state index contributed by atoms with van der Waals surface area (Å²) < 4.78 is 44.2. The normalized spacial score (nSPS) is 12.7. The summed E-state index contributed by atoms with van der Waals surface area (Å²) in [6.07, 6.45) is 6.84. The Hall–Kier alpha value is -3.57. The summed E-state index contributed by atoms with van der Waals surface area (Å²) in [5.74, 6) is -1.50. The maximum absolute atomic E-state index is 13.8. The van der Waals surface area contributed by atoms with Gasteiger partial charge in [0.2, 0.25) is 15.9 Å². The van der Waals surface area contributed by atoms with Gasteiger partial charge in [-0.15, -0.1) is 0 Å². The van der Waals surface area contributed by atoms with Crippen molar-refractivity contribution in [2.75, 3.05) is 5.32 Å². The Kier molecular flexibility index (Phi) is 5.53. The van der Waals surface area contributed by atoms with E-state index < -0.39 is 32.7 Å². The van der Waals surface area contributed by atoms with E-state index in [2.05, 4.69) is 20.1 Å². The average Bonchev–Trinajstić information content (AvgIpc) is 3.34. The number of anilines is 1. The molecular weight excluding hydrogens is 423 g/mol. The average molecular weight is 442 g/mol. The molecule has 3 heterocycles. The van der Waals surface area contributed by atoms with Crippen LogP contribution in [0.1, 0.15) is 12.6 Å². The zero-order chi connectivity index (χ0) is 22.0. The van der Waals surface area contributed by atoms with Gasteiger partial charge in [-0.2, -0.15) is 9.82 Å². The van der Waals surface area contributed by atoms with Crippen molar-refractivity contribution in [1.82, 2.24) is 23.9 Å². The number of imidazole rings is 1. The maximum atomic E-state index is 13.8. The van der Waals surface area contributed by atoms with Crippen LogP contribution in [0.15, 0.2) is 72.1 Å². The van der Waals surface area contributed by atoms with Crippen LogP contribution in [0, 0.1) is 5.82 Å². The monoisotopic (exact) mass is 442 g/mol. The molecule has 0 spiro atoms. The number of carbonyl (C=O) groups excluding carboxylic acids is 1. The highest BCUT2D eigenvalue weighted by molar-refractivity contribution is 7.89. The quantitative estimate of drug-likeness (QED) is 0.455. The number of sulfonamides is 1. The highest BCUT2D eigenvalue weighted by atomic mass is 32.2. The largest absolute Gasteiger partial charge is 0.322 e. The molecule has 4 rings (SSSR count). The molecule has 0 aliphatic heterocycles. The Bertz CT molecular complexity index is 1310. The number of aromatic nitrogens is 4. The second kappa shape index (κ2) is 8.28. The second-order valence-corrected chi connectivity index (χ2v) is 8.57. The Morgan fingerprint density at radius 3 is 2.71 bits per heavy atom.